The van der Waals surface area contributed by atoms with Crippen LogP contribution in [0.2, 0.25) is 0 Å². The quantitative estimate of drug-likeness (QED) is 0.837. The van der Waals surface area contributed by atoms with Gasteiger partial charge in [0.05, 0.1) is 11.1 Å². The molecule has 1 rings (SSSR count). The first-order valence-electron chi connectivity index (χ1n) is 3.39. The minimum atomic E-state index is -1.23. The van der Waals surface area contributed by atoms with E-state index in [-0.39, 0.29) is 11.1 Å². The van der Waals surface area contributed by atoms with Crippen molar-refractivity contribution in [2.75, 3.05) is 0 Å². The van der Waals surface area contributed by atoms with Crippen LogP contribution in [0.1, 0.15) is 20.7 Å². The van der Waals surface area contributed by atoms with Crippen molar-refractivity contribution in [1.29, 1.82) is 0 Å². The van der Waals surface area contributed by atoms with Crippen LogP contribution >= 0.6 is 0 Å². The number of hydrogen-bond acceptors (Lipinski definition) is 3. The topological polar surface area (TPSA) is 91.7 Å². The summed E-state index contributed by atoms with van der Waals surface area (Å²) in [6.45, 7) is 0. The summed E-state index contributed by atoms with van der Waals surface area (Å²) in [4.78, 5) is 20.9. The summed E-state index contributed by atoms with van der Waals surface area (Å²) in [6.07, 6.45) is 0. The molecule has 0 aromatic heterocycles. The third kappa shape index (κ3) is 3.30. The second-order valence-electron chi connectivity index (χ2n) is 2.16. The van der Waals surface area contributed by atoms with Crippen LogP contribution in [-0.4, -0.2) is 22.2 Å². The maximum atomic E-state index is 10.5. The van der Waals surface area contributed by atoms with E-state index in [0.29, 0.717) is 24.7 Å². The molecule has 72 valence electrons. The molecular weight excluding hydrogens is 267 g/mol. The van der Waals surface area contributed by atoms with Crippen LogP contribution in [0, 0.1) is 0 Å². The van der Waals surface area contributed by atoms with E-state index in [9.17, 15) is 9.59 Å². The van der Waals surface area contributed by atoms with Crippen LogP contribution in [0.25, 0.3) is 0 Å². The molecule has 14 heavy (non-hydrogen) atoms. The van der Waals surface area contributed by atoms with Crippen molar-refractivity contribution in [3.8, 4) is 0 Å². The molecule has 1 aromatic carbocycles. The summed E-state index contributed by atoms with van der Waals surface area (Å²) in [5.41, 5.74) is -0.380. The zero-order valence-electron chi connectivity index (χ0n) is 6.93. The summed E-state index contributed by atoms with van der Waals surface area (Å²) in [5, 5.41) is 17.1. The van der Waals surface area contributed by atoms with Gasteiger partial charge < -0.3 is 10.2 Å². The summed E-state index contributed by atoms with van der Waals surface area (Å²) >= 11 is 0.300. The average Bonchev–Trinajstić information content (AvgIpc) is 2.20. The minimum absolute atomic E-state index is 0.190. The van der Waals surface area contributed by atoms with Gasteiger partial charge in [0.25, 0.3) is 0 Å². The molecule has 0 radical (unpaired) electrons. The monoisotopic (exact) mass is 272 g/mol. The maximum absolute atomic E-state index is 10.5. The van der Waals surface area contributed by atoms with Crippen molar-refractivity contribution in [3.63, 3.8) is 0 Å². The molecule has 5 nitrogen and oxygen atoms in total. The van der Waals surface area contributed by atoms with Crippen molar-refractivity contribution in [1.82, 2.24) is 0 Å². The number of benzene rings is 1. The zero-order chi connectivity index (χ0) is 11.1. The molecule has 0 aliphatic heterocycles. The molecule has 0 saturated carbocycles. The fourth-order valence-corrected chi connectivity index (χ4v) is 0.856. The Labute approximate surface area is 94.7 Å². The molecule has 0 heterocycles. The van der Waals surface area contributed by atoms with Gasteiger partial charge in [-0.2, -0.15) is 0 Å². The van der Waals surface area contributed by atoms with Crippen molar-refractivity contribution in [2.24, 2.45) is 0 Å². The van der Waals surface area contributed by atoms with Gasteiger partial charge in [0.1, 0.15) is 0 Å². The Morgan fingerprint density at radius 2 is 1.21 bits per heavy atom. The van der Waals surface area contributed by atoms with E-state index in [0.717, 1.165) is 0 Å². The Balaban J connectivity index is 0.000000791. The molecule has 6 heteroatoms. The molecule has 0 amide bonds. The van der Waals surface area contributed by atoms with E-state index < -0.39 is 11.9 Å². The Bertz CT molecular complexity index is 316. The SMILES string of the molecule is O=C(O)c1ccccc1C(=O)O.[O]=[Zr]. The summed E-state index contributed by atoms with van der Waals surface area (Å²) < 4.78 is 8.34. The number of carbonyl (C=O) groups is 2. The van der Waals surface area contributed by atoms with Gasteiger partial charge in [0, 0.05) is 0 Å². The van der Waals surface area contributed by atoms with Crippen LogP contribution in [0.3, 0.4) is 0 Å². The summed E-state index contributed by atoms with van der Waals surface area (Å²) in [7, 11) is 0. The van der Waals surface area contributed by atoms with Gasteiger partial charge in [0.15, 0.2) is 0 Å². The second kappa shape index (κ2) is 6.32. The Morgan fingerprint density at radius 3 is 1.43 bits per heavy atom. The molecule has 0 saturated heterocycles. The second-order valence-corrected chi connectivity index (χ2v) is 2.16. The van der Waals surface area contributed by atoms with Crippen molar-refractivity contribution in [2.45, 2.75) is 0 Å². The van der Waals surface area contributed by atoms with Gasteiger partial charge in [0.2, 0.25) is 0 Å². The number of hydrogen-bond donors (Lipinski definition) is 2. The van der Waals surface area contributed by atoms with E-state index in [1.165, 1.54) is 24.3 Å². The number of carboxylic acids is 2. The van der Waals surface area contributed by atoms with E-state index in [2.05, 4.69) is 0 Å². The van der Waals surface area contributed by atoms with Crippen LogP contribution in [0.15, 0.2) is 24.3 Å². The van der Waals surface area contributed by atoms with E-state index in [1.54, 1.807) is 0 Å². The fourth-order valence-electron chi connectivity index (χ4n) is 0.856. The molecular formula is C8H6O5Zr. The summed E-state index contributed by atoms with van der Waals surface area (Å²) in [5.74, 6) is -2.46. The third-order valence-corrected chi connectivity index (χ3v) is 1.39. The van der Waals surface area contributed by atoms with Crippen molar-refractivity contribution >= 4 is 11.9 Å². The van der Waals surface area contributed by atoms with E-state index in [4.69, 9.17) is 13.0 Å². The zero-order valence-corrected chi connectivity index (χ0v) is 9.39. The van der Waals surface area contributed by atoms with Crippen molar-refractivity contribution in [3.05, 3.63) is 35.4 Å². The first kappa shape index (κ1) is 12.8. The first-order valence-corrected chi connectivity index (χ1v) is 4.39. The molecule has 0 unspecified atom stereocenters. The summed E-state index contributed by atoms with van der Waals surface area (Å²) in [6, 6.07) is 5.48. The molecule has 0 bridgehead atoms. The number of carboxylic acid groups (broad SMARTS) is 2. The van der Waals surface area contributed by atoms with Gasteiger partial charge in [-0.15, -0.1) is 0 Å². The Morgan fingerprint density at radius 1 is 0.929 bits per heavy atom. The van der Waals surface area contributed by atoms with Gasteiger partial charge in [-0.3, -0.25) is 0 Å². The Hall–Kier alpha value is -1.16. The molecule has 0 spiro atoms. The third-order valence-electron chi connectivity index (χ3n) is 1.39. The van der Waals surface area contributed by atoms with Gasteiger partial charge >= 0.3 is 39.5 Å². The van der Waals surface area contributed by atoms with Gasteiger partial charge in [-0.25, -0.2) is 9.59 Å². The normalized spacial score (nSPS) is 8.21. The molecule has 0 fully saturated rings. The molecule has 0 aliphatic rings. The standard InChI is InChI=1S/C8H6O4.O.Zr/c9-7(10)5-3-1-2-4-6(5)8(11)12;;/h1-4H,(H,9,10)(H,11,12);;. The molecule has 0 aliphatic carbocycles. The predicted molar refractivity (Wildman–Crippen MR) is 41.0 cm³/mol. The molecule has 2 N–H and O–H groups in total. The predicted octanol–water partition coefficient (Wildman–Crippen LogP) is 0.962. The van der Waals surface area contributed by atoms with Crippen LogP contribution < -0.4 is 0 Å². The van der Waals surface area contributed by atoms with E-state index in [1.807, 2.05) is 0 Å². The van der Waals surface area contributed by atoms with Crippen LogP contribution in [0.4, 0.5) is 0 Å². The van der Waals surface area contributed by atoms with Gasteiger partial charge in [-0.1, -0.05) is 12.1 Å². The number of rotatable bonds is 2. The van der Waals surface area contributed by atoms with Crippen LogP contribution in [-0.2, 0) is 27.5 Å². The molecule has 0 atom stereocenters. The van der Waals surface area contributed by atoms with Crippen LogP contribution in [0.5, 0.6) is 0 Å². The molecule has 1 aromatic rings. The van der Waals surface area contributed by atoms with E-state index >= 15 is 0 Å². The first-order chi connectivity index (χ1) is 6.63. The van der Waals surface area contributed by atoms with Crippen molar-refractivity contribution < 1.29 is 47.3 Å². The number of aromatic carboxylic acids is 2. The van der Waals surface area contributed by atoms with Gasteiger partial charge in [-0.05, 0) is 12.1 Å². The fraction of sp³-hybridized carbons (Fsp3) is 0. The Kier molecular flexibility index (Phi) is 5.80. The average molecular weight is 273 g/mol.